The summed E-state index contributed by atoms with van der Waals surface area (Å²) in [5.74, 6) is 0. The lowest BCUT2D eigenvalue weighted by Crippen LogP contribution is -2.05. The highest BCUT2D eigenvalue weighted by atomic mass is 14.8. The highest BCUT2D eigenvalue weighted by molar-refractivity contribution is 5.90. The molecular weight excluding hydrogens is 170 g/mol. The first-order valence-corrected chi connectivity index (χ1v) is 4.86. The molecule has 0 aliphatic heterocycles. The molecule has 1 N–H and O–H groups in total. The normalized spacial score (nSPS) is 14.6. The van der Waals surface area contributed by atoms with Gasteiger partial charge in [0.25, 0.3) is 0 Å². The van der Waals surface area contributed by atoms with Crippen LogP contribution in [-0.4, -0.2) is 7.05 Å². The molecule has 1 aliphatic rings. The van der Waals surface area contributed by atoms with Gasteiger partial charge >= 0.3 is 0 Å². The molecule has 0 atom stereocenters. The second kappa shape index (κ2) is 3.43. The zero-order valence-electron chi connectivity index (χ0n) is 8.56. The maximum atomic E-state index is 4.07. The van der Waals surface area contributed by atoms with E-state index in [2.05, 4.69) is 36.7 Å². The molecule has 2 rings (SSSR count). The van der Waals surface area contributed by atoms with E-state index < -0.39 is 0 Å². The summed E-state index contributed by atoms with van der Waals surface area (Å²) in [6.07, 6.45) is 0.929. The fourth-order valence-electron chi connectivity index (χ4n) is 1.95. The van der Waals surface area contributed by atoms with Crippen molar-refractivity contribution in [1.29, 1.82) is 0 Å². The Morgan fingerprint density at radius 2 is 1.93 bits per heavy atom. The monoisotopic (exact) mass is 185 g/mol. The Kier molecular flexibility index (Phi) is 2.26. The van der Waals surface area contributed by atoms with E-state index in [1.807, 2.05) is 7.05 Å². The molecule has 1 heteroatoms. The molecule has 0 saturated carbocycles. The van der Waals surface area contributed by atoms with Gasteiger partial charge in [-0.2, -0.15) is 0 Å². The first-order valence-electron chi connectivity index (χ1n) is 4.86. The zero-order chi connectivity index (χ0) is 10.1. The Morgan fingerprint density at radius 1 is 1.21 bits per heavy atom. The minimum Gasteiger partial charge on any atom is -0.316 e. The lowest BCUT2D eigenvalue weighted by Gasteiger charge is -2.04. The Morgan fingerprint density at radius 3 is 2.64 bits per heavy atom. The molecule has 1 nitrogen and oxygen atoms in total. The van der Waals surface area contributed by atoms with Gasteiger partial charge in [-0.05, 0) is 47.4 Å². The van der Waals surface area contributed by atoms with Crippen molar-refractivity contribution >= 4 is 11.1 Å². The molecule has 1 aliphatic carbocycles. The Labute approximate surface area is 85.2 Å². The Hall–Kier alpha value is -1.34. The second-order valence-electron chi connectivity index (χ2n) is 3.79. The van der Waals surface area contributed by atoms with Crippen molar-refractivity contribution in [3.8, 4) is 0 Å². The van der Waals surface area contributed by atoms with E-state index in [-0.39, 0.29) is 0 Å². The Balaban J connectivity index is 2.44. The molecule has 0 heterocycles. The van der Waals surface area contributed by atoms with Crippen molar-refractivity contribution in [2.45, 2.75) is 13.0 Å². The van der Waals surface area contributed by atoms with Crippen LogP contribution in [0.3, 0.4) is 0 Å². The predicted octanol–water partition coefficient (Wildman–Crippen LogP) is 2.84. The van der Waals surface area contributed by atoms with Gasteiger partial charge in [-0.3, -0.25) is 0 Å². The van der Waals surface area contributed by atoms with Gasteiger partial charge in [0.1, 0.15) is 0 Å². The zero-order valence-corrected chi connectivity index (χ0v) is 8.56. The molecular formula is C13H15N. The average molecular weight is 185 g/mol. The van der Waals surface area contributed by atoms with Gasteiger partial charge in [-0.25, -0.2) is 0 Å². The van der Waals surface area contributed by atoms with Crippen LogP contribution in [0.1, 0.15) is 23.1 Å². The third-order valence-electron chi connectivity index (χ3n) is 2.65. The summed E-state index contributed by atoms with van der Waals surface area (Å²) in [6.45, 7) is 9.02. The number of nitrogens with one attached hydrogen (secondary N) is 1. The van der Waals surface area contributed by atoms with Crippen molar-refractivity contribution in [3.63, 3.8) is 0 Å². The van der Waals surface area contributed by atoms with Crippen LogP contribution in [0, 0.1) is 0 Å². The highest BCUT2D eigenvalue weighted by Crippen LogP contribution is 2.38. The Bertz CT molecular complexity index is 402. The van der Waals surface area contributed by atoms with Gasteiger partial charge in [0.2, 0.25) is 0 Å². The molecule has 0 fully saturated rings. The van der Waals surface area contributed by atoms with Crippen LogP contribution < -0.4 is 5.32 Å². The minimum atomic E-state index is 0.910. The third-order valence-corrected chi connectivity index (χ3v) is 2.65. The first-order chi connectivity index (χ1) is 6.72. The standard InChI is InChI=1S/C13H15N/c1-9-6-10(2)13-7-11(8-14-3)4-5-12(9)13/h4-5,7,14H,1-2,6,8H2,3H3. The number of fused-ring (bicyclic) bond motifs is 1. The molecule has 0 bridgehead atoms. The maximum Gasteiger partial charge on any atom is 0.0202 e. The van der Waals surface area contributed by atoms with Crippen LogP contribution in [0.25, 0.3) is 11.1 Å². The fourth-order valence-corrected chi connectivity index (χ4v) is 1.95. The number of hydrogen-bond acceptors (Lipinski definition) is 1. The van der Waals surface area contributed by atoms with E-state index in [0.717, 1.165) is 13.0 Å². The number of allylic oxidation sites excluding steroid dienone is 2. The maximum absolute atomic E-state index is 4.07. The molecule has 0 unspecified atom stereocenters. The summed E-state index contributed by atoms with van der Waals surface area (Å²) >= 11 is 0. The lowest BCUT2D eigenvalue weighted by molar-refractivity contribution is 0.817. The van der Waals surface area contributed by atoms with Crippen molar-refractivity contribution in [2.24, 2.45) is 0 Å². The van der Waals surface area contributed by atoms with Crippen molar-refractivity contribution < 1.29 is 0 Å². The van der Waals surface area contributed by atoms with Crippen LogP contribution in [0.4, 0.5) is 0 Å². The fraction of sp³-hybridized carbons (Fsp3) is 0.231. The molecule has 0 radical (unpaired) electrons. The van der Waals surface area contributed by atoms with E-state index >= 15 is 0 Å². The average Bonchev–Trinajstić information content (AvgIpc) is 2.43. The van der Waals surface area contributed by atoms with Crippen LogP contribution in [0.15, 0.2) is 31.4 Å². The lowest BCUT2D eigenvalue weighted by atomic mass is 10.0. The van der Waals surface area contributed by atoms with Crippen LogP contribution >= 0.6 is 0 Å². The largest absolute Gasteiger partial charge is 0.316 e. The number of benzene rings is 1. The van der Waals surface area contributed by atoms with Gasteiger partial charge in [-0.1, -0.05) is 25.3 Å². The summed E-state index contributed by atoms with van der Waals surface area (Å²) in [4.78, 5) is 0. The summed E-state index contributed by atoms with van der Waals surface area (Å²) in [5.41, 5.74) is 6.25. The molecule has 0 spiro atoms. The van der Waals surface area contributed by atoms with Gasteiger partial charge in [-0.15, -0.1) is 0 Å². The van der Waals surface area contributed by atoms with Crippen molar-refractivity contribution in [3.05, 3.63) is 48.0 Å². The van der Waals surface area contributed by atoms with E-state index in [9.17, 15) is 0 Å². The molecule has 1 aromatic carbocycles. The molecule has 1 aromatic rings. The SMILES string of the molecule is C=C1CC(=C)c2cc(CNC)ccc21. The second-order valence-corrected chi connectivity index (χ2v) is 3.79. The third kappa shape index (κ3) is 1.40. The summed E-state index contributed by atoms with van der Waals surface area (Å²) in [5, 5.41) is 3.15. The van der Waals surface area contributed by atoms with Gasteiger partial charge in [0, 0.05) is 6.54 Å². The van der Waals surface area contributed by atoms with E-state index in [0.29, 0.717) is 0 Å². The summed E-state index contributed by atoms with van der Waals surface area (Å²) < 4.78 is 0. The van der Waals surface area contributed by atoms with Crippen LogP contribution in [-0.2, 0) is 6.54 Å². The van der Waals surface area contributed by atoms with E-state index in [1.54, 1.807) is 0 Å². The predicted molar refractivity (Wildman–Crippen MR) is 61.9 cm³/mol. The molecule has 72 valence electrons. The molecule has 0 aromatic heterocycles. The van der Waals surface area contributed by atoms with E-state index in [1.165, 1.54) is 27.8 Å². The van der Waals surface area contributed by atoms with E-state index in [4.69, 9.17) is 0 Å². The minimum absolute atomic E-state index is 0.910. The smallest absolute Gasteiger partial charge is 0.0202 e. The first kappa shape index (κ1) is 9.22. The van der Waals surface area contributed by atoms with Crippen molar-refractivity contribution in [1.82, 2.24) is 5.32 Å². The topological polar surface area (TPSA) is 12.0 Å². The summed E-state index contributed by atoms with van der Waals surface area (Å²) in [7, 11) is 1.96. The van der Waals surface area contributed by atoms with Gasteiger partial charge in [0.15, 0.2) is 0 Å². The van der Waals surface area contributed by atoms with Gasteiger partial charge in [0.05, 0.1) is 0 Å². The highest BCUT2D eigenvalue weighted by Gasteiger charge is 2.17. The molecule has 0 saturated heterocycles. The quantitative estimate of drug-likeness (QED) is 0.747. The van der Waals surface area contributed by atoms with Crippen LogP contribution in [0.5, 0.6) is 0 Å². The van der Waals surface area contributed by atoms with Crippen molar-refractivity contribution in [2.75, 3.05) is 7.05 Å². The summed E-state index contributed by atoms with van der Waals surface area (Å²) in [6, 6.07) is 6.52. The number of hydrogen-bond donors (Lipinski definition) is 1. The molecule has 14 heavy (non-hydrogen) atoms. The molecule has 0 amide bonds. The van der Waals surface area contributed by atoms with Gasteiger partial charge < -0.3 is 5.32 Å². The van der Waals surface area contributed by atoms with Crippen LogP contribution in [0.2, 0.25) is 0 Å². The number of rotatable bonds is 2.